The summed E-state index contributed by atoms with van der Waals surface area (Å²) in [5, 5.41) is 22.4. The van der Waals surface area contributed by atoms with E-state index in [0.717, 1.165) is 0 Å². The summed E-state index contributed by atoms with van der Waals surface area (Å²) in [4.78, 5) is 49.7. The molecular weight excluding hydrogens is 418 g/mol. The van der Waals surface area contributed by atoms with Gasteiger partial charge in [-0.1, -0.05) is 39.8 Å². The third kappa shape index (κ3) is 5.91. The molecule has 0 heterocycles. The fraction of sp³-hybridized carbons (Fsp3) is 0.609. The number of nitrogens with zero attached hydrogens (tertiary/aromatic N) is 1. The zero-order chi connectivity index (χ0) is 24.2. The van der Waals surface area contributed by atoms with E-state index in [9.17, 15) is 29.6 Å². The molecule has 1 aliphatic rings. The van der Waals surface area contributed by atoms with E-state index in [4.69, 9.17) is 9.47 Å². The van der Waals surface area contributed by atoms with Crippen LogP contribution in [0.25, 0.3) is 0 Å². The third-order valence-corrected chi connectivity index (χ3v) is 5.36. The van der Waals surface area contributed by atoms with Crippen LogP contribution in [0.2, 0.25) is 0 Å². The largest absolute Gasteiger partial charge is 0.465 e. The smallest absolute Gasteiger partial charge is 0.317 e. The van der Waals surface area contributed by atoms with Gasteiger partial charge in [0.25, 0.3) is 5.69 Å². The maximum Gasteiger partial charge on any atom is 0.317 e. The zero-order valence-electron chi connectivity index (χ0n) is 19.1. The lowest BCUT2D eigenvalue weighted by Crippen LogP contribution is -2.55. The minimum absolute atomic E-state index is 0.0174. The molecule has 0 unspecified atom stereocenters. The fourth-order valence-corrected chi connectivity index (χ4v) is 3.94. The number of aliphatic hydroxyl groups is 1. The quantitative estimate of drug-likeness (QED) is 0.277. The van der Waals surface area contributed by atoms with Crippen LogP contribution in [-0.2, 0) is 23.9 Å². The first-order valence-corrected chi connectivity index (χ1v) is 10.7. The molecule has 0 aromatic heterocycles. The Morgan fingerprint density at radius 1 is 1.16 bits per heavy atom. The molecule has 0 aliphatic heterocycles. The first-order valence-electron chi connectivity index (χ1n) is 10.7. The number of non-ortho nitro benzene ring substituents is 1. The van der Waals surface area contributed by atoms with E-state index in [-0.39, 0.29) is 36.3 Å². The second-order valence-corrected chi connectivity index (χ2v) is 9.38. The van der Waals surface area contributed by atoms with Crippen LogP contribution in [0, 0.1) is 33.8 Å². The normalized spacial score (nSPS) is 25.6. The first-order chi connectivity index (χ1) is 14.8. The second kappa shape index (κ2) is 10.2. The maximum absolute atomic E-state index is 13.1. The molecule has 0 radical (unpaired) electrons. The second-order valence-electron chi connectivity index (χ2n) is 9.38. The summed E-state index contributed by atoms with van der Waals surface area (Å²) in [5.74, 6) is -6.00. The number of hydrogen-bond donors (Lipinski definition) is 1. The third-order valence-electron chi connectivity index (χ3n) is 5.36. The fourth-order valence-electron chi connectivity index (χ4n) is 3.94. The number of rotatable bonds is 8. The van der Waals surface area contributed by atoms with Gasteiger partial charge in [-0.2, -0.15) is 0 Å². The number of Topliss-reactive ketones (excluding diaryl/α,β-unsaturated/α-hetero) is 1. The highest BCUT2D eigenvalue weighted by molar-refractivity contribution is 6.02. The van der Waals surface area contributed by atoms with Gasteiger partial charge in [-0.05, 0) is 24.3 Å². The Labute approximate surface area is 187 Å². The molecule has 4 atom stereocenters. The van der Waals surface area contributed by atoms with Gasteiger partial charge in [-0.25, -0.2) is 0 Å². The number of benzene rings is 1. The van der Waals surface area contributed by atoms with E-state index in [1.165, 1.54) is 31.2 Å². The molecule has 1 aromatic carbocycles. The highest BCUT2D eigenvalue weighted by Crippen LogP contribution is 2.47. The summed E-state index contributed by atoms with van der Waals surface area (Å²) in [6, 6.07) is 5.39. The molecule has 9 heteroatoms. The van der Waals surface area contributed by atoms with Crippen LogP contribution in [0.15, 0.2) is 24.3 Å². The zero-order valence-corrected chi connectivity index (χ0v) is 19.1. The summed E-state index contributed by atoms with van der Waals surface area (Å²) in [5.41, 5.74) is -1.86. The molecule has 1 N–H and O–H groups in total. The SMILES string of the molecule is CC(C)COC(=O)[C@@H]1C(=O)C[C@](C)(O)[C@H](C(=O)OCC(C)C)[C@H]1c1cccc([N+](=O)[O-])c1. The Morgan fingerprint density at radius 3 is 2.25 bits per heavy atom. The predicted molar refractivity (Wildman–Crippen MR) is 115 cm³/mol. The van der Waals surface area contributed by atoms with E-state index in [1.807, 2.05) is 27.7 Å². The van der Waals surface area contributed by atoms with Crippen molar-refractivity contribution in [3.8, 4) is 0 Å². The summed E-state index contributed by atoms with van der Waals surface area (Å²) in [6.07, 6.45) is -0.443. The highest BCUT2D eigenvalue weighted by Gasteiger charge is 2.57. The lowest BCUT2D eigenvalue weighted by Gasteiger charge is -2.43. The Morgan fingerprint density at radius 2 is 1.72 bits per heavy atom. The lowest BCUT2D eigenvalue weighted by atomic mass is 9.61. The molecule has 176 valence electrons. The molecule has 9 nitrogen and oxygen atoms in total. The molecule has 1 saturated carbocycles. The average Bonchev–Trinajstić information content (AvgIpc) is 2.69. The molecule has 32 heavy (non-hydrogen) atoms. The average molecular weight is 450 g/mol. The lowest BCUT2D eigenvalue weighted by molar-refractivity contribution is -0.385. The van der Waals surface area contributed by atoms with Crippen molar-refractivity contribution in [2.75, 3.05) is 13.2 Å². The van der Waals surface area contributed by atoms with Gasteiger partial charge in [0.1, 0.15) is 5.92 Å². The standard InChI is InChI=1S/C23H31NO8/c1-13(2)11-31-21(26)19-17(25)10-23(5,28)20(22(27)32-12-14(3)4)18(19)15-7-6-8-16(9-15)24(29)30/h6-9,13-14,18-20,28H,10-12H2,1-5H3/t18-,19+,20-,23-/m0/s1. The highest BCUT2D eigenvalue weighted by atomic mass is 16.6. The van der Waals surface area contributed by atoms with Crippen LogP contribution < -0.4 is 0 Å². The van der Waals surface area contributed by atoms with Gasteiger partial charge in [0.2, 0.25) is 0 Å². The Balaban J connectivity index is 2.60. The van der Waals surface area contributed by atoms with Gasteiger partial charge in [-0.15, -0.1) is 0 Å². The van der Waals surface area contributed by atoms with Crippen LogP contribution in [0.4, 0.5) is 5.69 Å². The number of ketones is 1. The molecule has 0 saturated heterocycles. The van der Waals surface area contributed by atoms with Crippen LogP contribution >= 0.6 is 0 Å². The Hall–Kier alpha value is -2.81. The van der Waals surface area contributed by atoms with Crippen molar-refractivity contribution in [3.05, 3.63) is 39.9 Å². The number of hydrogen-bond acceptors (Lipinski definition) is 8. The van der Waals surface area contributed by atoms with E-state index in [2.05, 4.69) is 0 Å². The van der Waals surface area contributed by atoms with E-state index in [0.29, 0.717) is 0 Å². The van der Waals surface area contributed by atoms with Gasteiger partial charge in [0.15, 0.2) is 5.78 Å². The van der Waals surface area contributed by atoms with Crippen LogP contribution in [0.5, 0.6) is 0 Å². The number of nitro benzene ring substituents is 1. The first kappa shape index (κ1) is 25.5. The minimum atomic E-state index is -1.81. The Kier molecular flexibility index (Phi) is 8.12. The van der Waals surface area contributed by atoms with Crippen molar-refractivity contribution in [2.24, 2.45) is 23.7 Å². The van der Waals surface area contributed by atoms with E-state index < -0.39 is 52.4 Å². The van der Waals surface area contributed by atoms with Crippen LogP contribution in [-0.4, -0.2) is 46.6 Å². The van der Waals surface area contributed by atoms with Gasteiger partial charge in [0, 0.05) is 24.5 Å². The molecule has 0 bridgehead atoms. The number of carbonyl (C=O) groups excluding carboxylic acids is 3. The van der Waals surface area contributed by atoms with Crippen molar-refractivity contribution in [1.82, 2.24) is 0 Å². The number of carbonyl (C=O) groups is 3. The van der Waals surface area contributed by atoms with Crippen molar-refractivity contribution in [2.45, 2.75) is 52.6 Å². The molecule has 1 aromatic rings. The monoisotopic (exact) mass is 449 g/mol. The van der Waals surface area contributed by atoms with E-state index in [1.54, 1.807) is 0 Å². The van der Waals surface area contributed by atoms with Crippen LogP contribution in [0.3, 0.4) is 0 Å². The minimum Gasteiger partial charge on any atom is -0.465 e. The maximum atomic E-state index is 13.1. The van der Waals surface area contributed by atoms with Crippen molar-refractivity contribution in [1.29, 1.82) is 0 Å². The Bertz CT molecular complexity index is 877. The molecule has 0 amide bonds. The molecule has 1 fully saturated rings. The topological polar surface area (TPSA) is 133 Å². The van der Waals surface area contributed by atoms with Gasteiger partial charge >= 0.3 is 11.9 Å². The number of esters is 2. The molecule has 1 aliphatic carbocycles. The summed E-state index contributed by atoms with van der Waals surface area (Å²) >= 11 is 0. The summed E-state index contributed by atoms with van der Waals surface area (Å²) in [7, 11) is 0. The molecule has 0 spiro atoms. The summed E-state index contributed by atoms with van der Waals surface area (Å²) < 4.78 is 10.7. The van der Waals surface area contributed by atoms with Crippen molar-refractivity contribution < 1.29 is 33.9 Å². The summed E-state index contributed by atoms with van der Waals surface area (Å²) in [6.45, 7) is 8.87. The van der Waals surface area contributed by atoms with Crippen LogP contribution in [0.1, 0.15) is 52.5 Å². The van der Waals surface area contributed by atoms with Crippen molar-refractivity contribution >= 4 is 23.4 Å². The number of nitro groups is 1. The number of ether oxygens (including phenoxy) is 2. The van der Waals surface area contributed by atoms with Gasteiger partial charge in [-0.3, -0.25) is 24.5 Å². The van der Waals surface area contributed by atoms with E-state index >= 15 is 0 Å². The van der Waals surface area contributed by atoms with Gasteiger partial charge < -0.3 is 14.6 Å². The predicted octanol–water partition coefficient (Wildman–Crippen LogP) is 3.03. The molecular formula is C23H31NO8. The molecule has 2 rings (SSSR count). The van der Waals surface area contributed by atoms with Gasteiger partial charge in [0.05, 0.1) is 29.7 Å². The van der Waals surface area contributed by atoms with Crippen molar-refractivity contribution in [3.63, 3.8) is 0 Å².